The highest BCUT2D eigenvalue weighted by atomic mass is 32.2. The Morgan fingerprint density at radius 3 is 2.55 bits per heavy atom. The van der Waals surface area contributed by atoms with E-state index in [0.29, 0.717) is 16.3 Å². The van der Waals surface area contributed by atoms with Gasteiger partial charge in [-0.15, -0.1) is 11.3 Å². The summed E-state index contributed by atoms with van der Waals surface area (Å²) < 4.78 is 25.2. The molecule has 1 heterocycles. The van der Waals surface area contributed by atoms with E-state index in [1.165, 1.54) is 7.11 Å². The van der Waals surface area contributed by atoms with E-state index in [4.69, 9.17) is 15.2 Å². The van der Waals surface area contributed by atoms with E-state index in [1.54, 1.807) is 49.6 Å². The predicted molar refractivity (Wildman–Crippen MR) is 119 cm³/mol. The van der Waals surface area contributed by atoms with E-state index in [-0.39, 0.29) is 23.8 Å². The highest BCUT2D eigenvalue weighted by Crippen LogP contribution is 2.25. The Bertz CT molecular complexity index is 960. The van der Waals surface area contributed by atoms with Gasteiger partial charge in [-0.1, -0.05) is 12.1 Å². The number of carbonyl (C=O) groups excluding carboxylic acids is 3. The molecule has 0 bridgehead atoms. The van der Waals surface area contributed by atoms with Crippen LogP contribution in [0, 0.1) is 0 Å². The van der Waals surface area contributed by atoms with Gasteiger partial charge in [-0.2, -0.15) is 0 Å². The topological polar surface area (TPSA) is 137 Å². The number of anilines is 2. The van der Waals surface area contributed by atoms with Gasteiger partial charge in [-0.25, -0.2) is 9.00 Å². The third kappa shape index (κ3) is 7.07. The fraction of sp³-hybridized carbons (Fsp3) is 0.350. The molecule has 4 N–H and O–H groups in total. The Hall–Kier alpha value is -2.92. The molecule has 9 nitrogen and oxygen atoms in total. The molecule has 0 fully saturated rings. The molecule has 2 rings (SSSR count). The lowest BCUT2D eigenvalue weighted by molar-refractivity contribution is -0.148. The summed E-state index contributed by atoms with van der Waals surface area (Å²) in [4.78, 5) is 37.2. The molecule has 2 atom stereocenters. The summed E-state index contributed by atoms with van der Waals surface area (Å²) in [7, 11) is -0.497. The van der Waals surface area contributed by atoms with Crippen LogP contribution >= 0.6 is 11.3 Å². The largest absolute Gasteiger partial charge is 0.467 e. The van der Waals surface area contributed by atoms with E-state index in [9.17, 15) is 18.6 Å². The second kappa shape index (κ2) is 11.5. The van der Waals surface area contributed by atoms with Crippen molar-refractivity contribution in [2.45, 2.75) is 43.7 Å². The number of rotatable bonds is 10. The lowest BCUT2D eigenvalue weighted by atomic mass is 10.1. The van der Waals surface area contributed by atoms with Gasteiger partial charge < -0.3 is 20.5 Å². The van der Waals surface area contributed by atoms with E-state index in [1.807, 2.05) is 0 Å². The number of carbonyl (C=O) groups is 3. The van der Waals surface area contributed by atoms with Crippen LogP contribution in [0.2, 0.25) is 0 Å². The van der Waals surface area contributed by atoms with Crippen LogP contribution in [0.4, 0.5) is 11.4 Å². The number of benzene rings is 1. The van der Waals surface area contributed by atoms with Crippen molar-refractivity contribution in [2.24, 2.45) is 0 Å². The van der Waals surface area contributed by atoms with Crippen LogP contribution in [0.15, 0.2) is 40.6 Å². The average Bonchev–Trinajstić information content (AvgIpc) is 3.18. The van der Waals surface area contributed by atoms with E-state index in [2.05, 4.69) is 10.0 Å². The molecule has 2 aromatic rings. The molecular weight excluding hydrogens is 442 g/mol. The van der Waals surface area contributed by atoms with E-state index < -0.39 is 34.9 Å². The molecule has 0 aliphatic heterocycles. The fourth-order valence-electron chi connectivity index (χ4n) is 2.57. The number of methoxy groups -OCH3 is 1. The molecule has 0 saturated carbocycles. The first-order valence-electron chi connectivity index (χ1n) is 9.41. The molecule has 1 amide bonds. The number of hydrogen-bond acceptors (Lipinski definition) is 8. The zero-order chi connectivity index (χ0) is 23.0. The van der Waals surface area contributed by atoms with Crippen LogP contribution in [0.5, 0.6) is 0 Å². The maximum atomic E-state index is 12.8. The summed E-state index contributed by atoms with van der Waals surface area (Å²) >= 11 is 1.11. The average molecular weight is 468 g/mol. The standard InChI is InChI=1S/C20H25N3O6S2/c1-12(2)29-17(24)9-8-15(20(26)28-3)22-19(25)18-14(10-11-30-18)23-31(27)16-7-5-4-6-13(16)21/h4-7,10-12,15,23H,8-9,21H2,1-3H3,(H,22,25)/t15-,31?/m0/s1. The number of para-hydroxylation sites is 1. The molecule has 0 saturated heterocycles. The van der Waals surface area contributed by atoms with Crippen LogP contribution in [0.3, 0.4) is 0 Å². The monoisotopic (exact) mass is 467 g/mol. The summed E-state index contributed by atoms with van der Waals surface area (Å²) in [6.07, 6.45) is -0.326. The van der Waals surface area contributed by atoms with Crippen LogP contribution in [-0.4, -0.2) is 41.3 Å². The Kier molecular flexibility index (Phi) is 9.01. The van der Waals surface area contributed by atoms with Crippen molar-refractivity contribution in [3.8, 4) is 0 Å². The van der Waals surface area contributed by atoms with Gasteiger partial charge in [0.2, 0.25) is 0 Å². The van der Waals surface area contributed by atoms with Gasteiger partial charge in [0.1, 0.15) is 10.9 Å². The van der Waals surface area contributed by atoms with Gasteiger partial charge in [-0.05, 0) is 43.8 Å². The molecule has 1 aromatic carbocycles. The molecular formula is C20H25N3O6S2. The van der Waals surface area contributed by atoms with Gasteiger partial charge in [0.15, 0.2) is 11.0 Å². The van der Waals surface area contributed by atoms with Gasteiger partial charge in [0.25, 0.3) is 5.91 Å². The molecule has 0 aliphatic rings. The van der Waals surface area contributed by atoms with Crippen molar-refractivity contribution in [2.75, 3.05) is 17.6 Å². The Labute approximate surface area is 186 Å². The molecule has 168 valence electrons. The maximum Gasteiger partial charge on any atom is 0.328 e. The SMILES string of the molecule is COC(=O)[C@H](CCC(=O)OC(C)C)NC(=O)c1sccc1NS(=O)c1ccccc1N. The van der Waals surface area contributed by atoms with Gasteiger partial charge in [-0.3, -0.25) is 14.3 Å². The maximum absolute atomic E-state index is 12.8. The van der Waals surface area contributed by atoms with Gasteiger partial charge in [0.05, 0.1) is 23.8 Å². The molecule has 11 heteroatoms. The number of nitrogens with one attached hydrogen (secondary N) is 2. The van der Waals surface area contributed by atoms with Crippen LogP contribution < -0.4 is 15.8 Å². The number of esters is 2. The van der Waals surface area contributed by atoms with Crippen molar-refractivity contribution >= 4 is 51.5 Å². The lowest BCUT2D eigenvalue weighted by Crippen LogP contribution is -2.41. The van der Waals surface area contributed by atoms with E-state index >= 15 is 0 Å². The fourth-order valence-corrected chi connectivity index (χ4v) is 4.35. The van der Waals surface area contributed by atoms with Crippen LogP contribution in [-0.2, 0) is 30.0 Å². The highest BCUT2D eigenvalue weighted by molar-refractivity contribution is 7.86. The van der Waals surface area contributed by atoms with E-state index in [0.717, 1.165) is 11.3 Å². The number of nitrogens with two attached hydrogens (primary N) is 1. The van der Waals surface area contributed by atoms with Crippen molar-refractivity contribution in [1.82, 2.24) is 5.32 Å². The number of nitrogen functional groups attached to an aromatic ring is 1. The summed E-state index contributed by atoms with van der Waals surface area (Å²) in [5, 5.41) is 4.22. The first kappa shape index (κ1) is 24.4. The summed E-state index contributed by atoms with van der Waals surface area (Å²) in [5.41, 5.74) is 6.53. The zero-order valence-electron chi connectivity index (χ0n) is 17.4. The third-order valence-electron chi connectivity index (χ3n) is 3.99. The Balaban J connectivity index is 2.08. The lowest BCUT2D eigenvalue weighted by Gasteiger charge is -2.17. The predicted octanol–water partition coefficient (Wildman–Crippen LogP) is 2.47. The highest BCUT2D eigenvalue weighted by Gasteiger charge is 2.26. The molecule has 0 aliphatic carbocycles. The van der Waals surface area contributed by atoms with Crippen LogP contribution in [0.1, 0.15) is 36.4 Å². The second-order valence-corrected chi connectivity index (χ2v) is 8.80. The smallest absolute Gasteiger partial charge is 0.328 e. The molecule has 0 spiro atoms. The van der Waals surface area contributed by atoms with Gasteiger partial charge in [0, 0.05) is 12.1 Å². The van der Waals surface area contributed by atoms with Crippen molar-refractivity contribution in [3.05, 3.63) is 40.6 Å². The minimum atomic E-state index is -1.69. The van der Waals surface area contributed by atoms with Crippen molar-refractivity contribution in [3.63, 3.8) is 0 Å². The minimum absolute atomic E-state index is 0.0184. The molecule has 1 aromatic heterocycles. The molecule has 0 radical (unpaired) electrons. The minimum Gasteiger partial charge on any atom is -0.467 e. The zero-order valence-corrected chi connectivity index (χ0v) is 19.0. The quantitative estimate of drug-likeness (QED) is 0.361. The molecule has 1 unspecified atom stereocenters. The number of thiophene rings is 1. The number of ether oxygens (including phenoxy) is 2. The molecule has 31 heavy (non-hydrogen) atoms. The number of hydrogen-bond donors (Lipinski definition) is 3. The van der Waals surface area contributed by atoms with Crippen LogP contribution in [0.25, 0.3) is 0 Å². The second-order valence-electron chi connectivity index (χ2n) is 6.70. The Morgan fingerprint density at radius 2 is 1.90 bits per heavy atom. The summed E-state index contributed by atoms with van der Waals surface area (Å²) in [6, 6.07) is 7.24. The van der Waals surface area contributed by atoms with Crippen molar-refractivity contribution < 1.29 is 28.1 Å². The summed E-state index contributed by atoms with van der Waals surface area (Å²) in [5.74, 6) is -1.73. The van der Waals surface area contributed by atoms with Crippen molar-refractivity contribution in [1.29, 1.82) is 0 Å². The third-order valence-corrected chi connectivity index (χ3v) is 6.08. The summed E-state index contributed by atoms with van der Waals surface area (Å²) in [6.45, 7) is 3.44. The first-order chi connectivity index (χ1) is 14.7. The number of amides is 1. The Morgan fingerprint density at radius 1 is 1.19 bits per heavy atom. The first-order valence-corrected chi connectivity index (χ1v) is 11.4. The normalized spacial score (nSPS) is 12.6. The van der Waals surface area contributed by atoms with Gasteiger partial charge >= 0.3 is 11.9 Å².